The second-order valence-electron chi connectivity index (χ2n) is 9.46. The minimum absolute atomic E-state index is 0.0351. The van der Waals surface area contributed by atoms with Gasteiger partial charge in [0.15, 0.2) is 5.78 Å². The number of nitrogens with one attached hydrogen (secondary N) is 1. The maximum atomic E-state index is 13.1. The second-order valence-corrected chi connectivity index (χ2v) is 9.46. The summed E-state index contributed by atoms with van der Waals surface area (Å²) in [6.45, 7) is 9.71. The zero-order chi connectivity index (χ0) is 22.1. The molecule has 0 aliphatic carbocycles. The Balaban J connectivity index is 1.86. The lowest BCUT2D eigenvalue weighted by molar-refractivity contribution is -0.123. The number of benzene rings is 2. The standard InChI is InChI=1S/C25H30N2O3/c1-24(2,3)23(29)26-18-9-7-8-16(12-18)22(28)14-21-20-13-19(30-6)11-10-17(20)15-25(4,5)27-21/h7-13H,14-15H2,1-6H3,(H,26,29). The maximum absolute atomic E-state index is 13.1. The smallest absolute Gasteiger partial charge is 0.229 e. The molecular weight excluding hydrogens is 376 g/mol. The topological polar surface area (TPSA) is 67.8 Å². The van der Waals surface area contributed by atoms with Crippen molar-refractivity contribution >= 4 is 23.1 Å². The minimum Gasteiger partial charge on any atom is -0.497 e. The van der Waals surface area contributed by atoms with Crippen LogP contribution in [0.15, 0.2) is 47.5 Å². The van der Waals surface area contributed by atoms with Gasteiger partial charge in [0.2, 0.25) is 5.91 Å². The summed E-state index contributed by atoms with van der Waals surface area (Å²) in [5.74, 6) is 0.624. The van der Waals surface area contributed by atoms with Gasteiger partial charge < -0.3 is 10.1 Å². The van der Waals surface area contributed by atoms with Crippen molar-refractivity contribution in [3.8, 4) is 5.75 Å². The van der Waals surface area contributed by atoms with E-state index >= 15 is 0 Å². The van der Waals surface area contributed by atoms with Gasteiger partial charge in [-0.3, -0.25) is 14.6 Å². The molecule has 1 aliphatic heterocycles. The fourth-order valence-electron chi connectivity index (χ4n) is 3.51. The molecule has 3 rings (SSSR count). The summed E-state index contributed by atoms with van der Waals surface area (Å²) in [5, 5.41) is 2.89. The lowest BCUT2D eigenvalue weighted by Crippen LogP contribution is -2.30. The Morgan fingerprint density at radius 2 is 1.87 bits per heavy atom. The Hall–Kier alpha value is -2.95. The molecule has 0 atom stereocenters. The predicted molar refractivity (Wildman–Crippen MR) is 121 cm³/mol. The van der Waals surface area contributed by atoms with Gasteiger partial charge in [-0.25, -0.2) is 0 Å². The highest BCUT2D eigenvalue weighted by Crippen LogP contribution is 2.31. The second kappa shape index (κ2) is 8.05. The Morgan fingerprint density at radius 3 is 2.53 bits per heavy atom. The number of ether oxygens (including phenoxy) is 1. The SMILES string of the molecule is COc1ccc2c(c1)C(CC(=O)c1cccc(NC(=O)C(C)(C)C)c1)=NC(C)(C)C2. The van der Waals surface area contributed by atoms with E-state index in [0.29, 0.717) is 11.3 Å². The van der Waals surface area contributed by atoms with Crippen molar-refractivity contribution < 1.29 is 14.3 Å². The normalized spacial score (nSPS) is 15.1. The number of fused-ring (bicyclic) bond motifs is 1. The van der Waals surface area contributed by atoms with Crippen LogP contribution in [-0.2, 0) is 11.2 Å². The van der Waals surface area contributed by atoms with Gasteiger partial charge in [0.25, 0.3) is 0 Å². The van der Waals surface area contributed by atoms with Gasteiger partial charge in [0.1, 0.15) is 5.75 Å². The zero-order valence-electron chi connectivity index (χ0n) is 18.6. The number of anilines is 1. The summed E-state index contributed by atoms with van der Waals surface area (Å²) in [7, 11) is 1.63. The summed E-state index contributed by atoms with van der Waals surface area (Å²) in [6.07, 6.45) is 1.01. The van der Waals surface area contributed by atoms with Crippen LogP contribution in [0.25, 0.3) is 0 Å². The molecule has 2 aromatic carbocycles. The third kappa shape index (κ3) is 4.96. The fraction of sp³-hybridized carbons (Fsp3) is 0.400. The summed E-state index contributed by atoms with van der Waals surface area (Å²) in [4.78, 5) is 30.2. The number of ketones is 1. The molecular formula is C25H30N2O3. The lowest BCUT2D eigenvalue weighted by Gasteiger charge is -2.29. The summed E-state index contributed by atoms with van der Waals surface area (Å²) < 4.78 is 5.37. The number of carbonyl (C=O) groups excluding carboxylic acids is 2. The Labute approximate surface area is 178 Å². The number of Topliss-reactive ketones (excluding diaryl/α,β-unsaturated/α-hetero) is 1. The molecule has 0 unspecified atom stereocenters. The average molecular weight is 407 g/mol. The van der Waals surface area contributed by atoms with Gasteiger partial charge in [0.05, 0.1) is 24.8 Å². The van der Waals surface area contributed by atoms with Crippen LogP contribution in [0, 0.1) is 5.41 Å². The first-order valence-electron chi connectivity index (χ1n) is 10.2. The molecule has 158 valence electrons. The van der Waals surface area contributed by atoms with E-state index in [0.717, 1.165) is 23.4 Å². The highest BCUT2D eigenvalue weighted by Gasteiger charge is 2.28. The lowest BCUT2D eigenvalue weighted by atomic mass is 9.85. The van der Waals surface area contributed by atoms with Crippen molar-refractivity contribution in [1.29, 1.82) is 0 Å². The van der Waals surface area contributed by atoms with Crippen LogP contribution in [-0.4, -0.2) is 30.1 Å². The molecule has 0 saturated carbocycles. The number of aliphatic imine (C=N–C) groups is 1. The molecule has 0 saturated heterocycles. The van der Waals surface area contributed by atoms with Gasteiger partial charge in [-0.05, 0) is 50.1 Å². The fourth-order valence-corrected chi connectivity index (χ4v) is 3.51. The van der Waals surface area contributed by atoms with Crippen LogP contribution >= 0.6 is 0 Å². The van der Waals surface area contributed by atoms with Gasteiger partial charge >= 0.3 is 0 Å². The first-order chi connectivity index (χ1) is 14.0. The number of methoxy groups -OCH3 is 1. The molecule has 0 spiro atoms. The van der Waals surface area contributed by atoms with E-state index in [-0.39, 0.29) is 23.7 Å². The van der Waals surface area contributed by atoms with Gasteiger partial charge in [-0.1, -0.05) is 39.0 Å². The van der Waals surface area contributed by atoms with Gasteiger partial charge in [-0.15, -0.1) is 0 Å². The van der Waals surface area contributed by atoms with Gasteiger partial charge in [-0.2, -0.15) is 0 Å². The van der Waals surface area contributed by atoms with E-state index in [1.54, 1.807) is 31.4 Å². The molecule has 5 heteroatoms. The molecule has 1 amide bonds. The molecule has 2 aromatic rings. The number of hydrogen-bond donors (Lipinski definition) is 1. The van der Waals surface area contributed by atoms with Crippen LogP contribution in [0.3, 0.4) is 0 Å². The number of carbonyl (C=O) groups is 2. The minimum atomic E-state index is -0.509. The van der Waals surface area contributed by atoms with Gasteiger partial charge in [0, 0.05) is 22.2 Å². The third-order valence-corrected chi connectivity index (χ3v) is 5.14. The molecule has 5 nitrogen and oxygen atoms in total. The highest BCUT2D eigenvalue weighted by molar-refractivity contribution is 6.17. The van der Waals surface area contributed by atoms with Crippen molar-refractivity contribution in [1.82, 2.24) is 0 Å². The average Bonchev–Trinajstić information content (AvgIpc) is 2.66. The first kappa shape index (κ1) is 21.8. The molecule has 0 radical (unpaired) electrons. The van der Waals surface area contributed by atoms with E-state index in [9.17, 15) is 9.59 Å². The number of amides is 1. The number of rotatable bonds is 5. The molecule has 0 aromatic heterocycles. The molecule has 0 fully saturated rings. The predicted octanol–water partition coefficient (Wildman–Crippen LogP) is 5.08. The van der Waals surface area contributed by atoms with E-state index in [1.165, 1.54) is 5.56 Å². The Bertz CT molecular complexity index is 1010. The Morgan fingerprint density at radius 1 is 1.13 bits per heavy atom. The summed E-state index contributed by atoms with van der Waals surface area (Å²) in [6, 6.07) is 13.0. The Kier molecular flexibility index (Phi) is 5.84. The van der Waals surface area contributed by atoms with E-state index in [1.807, 2.05) is 32.9 Å². The van der Waals surface area contributed by atoms with Crippen LogP contribution in [0.5, 0.6) is 5.75 Å². The summed E-state index contributed by atoms with van der Waals surface area (Å²) in [5.41, 5.74) is 3.31. The quantitative estimate of drug-likeness (QED) is 0.705. The van der Waals surface area contributed by atoms with Crippen LogP contribution in [0.1, 0.15) is 62.5 Å². The number of nitrogens with zero attached hydrogens (tertiary/aromatic N) is 1. The monoisotopic (exact) mass is 406 g/mol. The van der Waals surface area contributed by atoms with Crippen LogP contribution in [0.2, 0.25) is 0 Å². The molecule has 1 aliphatic rings. The van der Waals surface area contributed by atoms with Crippen molar-refractivity contribution in [3.63, 3.8) is 0 Å². The zero-order valence-corrected chi connectivity index (χ0v) is 18.6. The van der Waals surface area contributed by atoms with Crippen molar-refractivity contribution in [2.45, 2.75) is 53.0 Å². The van der Waals surface area contributed by atoms with Crippen molar-refractivity contribution in [2.75, 3.05) is 12.4 Å². The summed E-state index contributed by atoms with van der Waals surface area (Å²) >= 11 is 0. The number of hydrogen-bond acceptors (Lipinski definition) is 4. The van der Waals surface area contributed by atoms with E-state index < -0.39 is 5.41 Å². The van der Waals surface area contributed by atoms with Crippen LogP contribution < -0.4 is 10.1 Å². The van der Waals surface area contributed by atoms with Crippen molar-refractivity contribution in [2.24, 2.45) is 10.4 Å². The molecule has 30 heavy (non-hydrogen) atoms. The van der Waals surface area contributed by atoms with E-state index in [4.69, 9.17) is 9.73 Å². The molecule has 1 heterocycles. The largest absolute Gasteiger partial charge is 0.497 e. The maximum Gasteiger partial charge on any atom is 0.229 e. The molecule has 0 bridgehead atoms. The molecule has 1 N–H and O–H groups in total. The van der Waals surface area contributed by atoms with Crippen LogP contribution in [0.4, 0.5) is 5.69 Å². The first-order valence-corrected chi connectivity index (χ1v) is 10.2. The van der Waals surface area contributed by atoms with E-state index in [2.05, 4.69) is 25.2 Å². The highest BCUT2D eigenvalue weighted by atomic mass is 16.5. The third-order valence-electron chi connectivity index (χ3n) is 5.14. The van der Waals surface area contributed by atoms with Crippen molar-refractivity contribution in [3.05, 3.63) is 59.2 Å².